The van der Waals surface area contributed by atoms with Crippen LogP contribution in [0, 0.1) is 0 Å². The molecule has 0 radical (unpaired) electrons. The lowest BCUT2D eigenvalue weighted by Crippen LogP contribution is -2.40. The molecule has 1 atom stereocenters. The first-order valence-corrected chi connectivity index (χ1v) is 11.8. The summed E-state index contributed by atoms with van der Waals surface area (Å²) < 4.78 is 6.86. The zero-order valence-electron chi connectivity index (χ0n) is 19.2. The first-order valence-electron chi connectivity index (χ1n) is 11.0. The molecule has 0 bridgehead atoms. The molecule has 2 aliphatic heterocycles. The third-order valence-electron chi connectivity index (χ3n) is 6.22. The number of nitrogens with zero attached hydrogens (tertiary/aromatic N) is 2. The van der Waals surface area contributed by atoms with E-state index in [1.807, 2.05) is 42.5 Å². The van der Waals surface area contributed by atoms with Crippen LogP contribution in [0.5, 0.6) is 0 Å². The molecule has 3 heterocycles. The Labute approximate surface area is 199 Å². The third kappa shape index (κ3) is 3.33. The van der Waals surface area contributed by atoms with Gasteiger partial charge in [0.25, 0.3) is 11.5 Å². The van der Waals surface area contributed by atoms with Gasteiger partial charge < -0.3 is 10.1 Å². The van der Waals surface area contributed by atoms with E-state index in [-0.39, 0.29) is 11.5 Å². The molecule has 7 nitrogen and oxygen atoms in total. The maximum Gasteiger partial charge on any atom is 0.338 e. The average Bonchev–Trinajstić information content (AvgIpc) is 3.32. The van der Waals surface area contributed by atoms with Crippen molar-refractivity contribution in [2.75, 3.05) is 12.4 Å². The highest BCUT2D eigenvalue weighted by atomic mass is 32.1. The predicted octanol–water partition coefficient (Wildman–Crippen LogP) is 2.85. The number of esters is 1. The van der Waals surface area contributed by atoms with E-state index >= 15 is 0 Å². The fraction of sp³-hybridized carbons (Fsp3) is 0.231. The molecule has 1 N–H and O–H groups in total. The first kappa shape index (κ1) is 22.0. The number of hydrogen-bond donors (Lipinski definition) is 1. The standard InChI is InChI=1S/C26H23N3O4S/c1-13(2)15-9-11-16(12-10-15)21-19(25(32)33-4)14(3)27-26-29(21)24(31)22(34-26)20-17-7-5-6-8-18(17)28-23(20)30/h5-13,21H,1-4H3,(H,28,30). The monoisotopic (exact) mass is 473 g/mol. The Bertz CT molecular complexity index is 1560. The highest BCUT2D eigenvalue weighted by Crippen LogP contribution is 2.32. The van der Waals surface area contributed by atoms with E-state index in [1.165, 1.54) is 11.7 Å². The van der Waals surface area contributed by atoms with Crippen LogP contribution in [0.4, 0.5) is 5.69 Å². The van der Waals surface area contributed by atoms with Crippen LogP contribution in [-0.4, -0.2) is 23.6 Å². The number of anilines is 1. The maximum atomic E-state index is 13.8. The van der Waals surface area contributed by atoms with Crippen LogP contribution in [0.1, 0.15) is 49.4 Å². The summed E-state index contributed by atoms with van der Waals surface area (Å²) in [5.74, 6) is -0.523. The molecule has 0 saturated heterocycles. The largest absolute Gasteiger partial charge is 0.466 e. The lowest BCUT2D eigenvalue weighted by Gasteiger charge is -2.24. The summed E-state index contributed by atoms with van der Waals surface area (Å²) in [4.78, 5) is 44.5. The molecule has 5 rings (SSSR count). The minimum Gasteiger partial charge on any atom is -0.466 e. The van der Waals surface area contributed by atoms with Gasteiger partial charge in [0, 0.05) is 11.3 Å². The minimum absolute atomic E-state index is 0.295. The number of para-hydroxylation sites is 1. The fourth-order valence-corrected chi connectivity index (χ4v) is 5.61. The third-order valence-corrected chi connectivity index (χ3v) is 7.27. The van der Waals surface area contributed by atoms with Gasteiger partial charge in [-0.3, -0.25) is 14.2 Å². The van der Waals surface area contributed by atoms with Gasteiger partial charge in [0.15, 0.2) is 4.80 Å². The highest BCUT2D eigenvalue weighted by Gasteiger charge is 2.34. The van der Waals surface area contributed by atoms with E-state index in [0.29, 0.717) is 43.3 Å². The first-order chi connectivity index (χ1) is 16.3. The number of carbonyl (C=O) groups is 2. The Kier molecular flexibility index (Phi) is 5.32. The Morgan fingerprint density at radius 2 is 1.82 bits per heavy atom. The normalized spacial score (nSPS) is 18.4. The molecule has 1 unspecified atom stereocenters. The Balaban J connectivity index is 1.80. The quantitative estimate of drug-likeness (QED) is 0.593. The van der Waals surface area contributed by atoms with Gasteiger partial charge in [-0.15, -0.1) is 0 Å². The summed E-state index contributed by atoms with van der Waals surface area (Å²) in [6.45, 7) is 5.95. The summed E-state index contributed by atoms with van der Waals surface area (Å²) >= 11 is 1.16. The number of aromatic nitrogens is 1. The van der Waals surface area contributed by atoms with E-state index in [9.17, 15) is 14.4 Å². The Morgan fingerprint density at radius 3 is 2.50 bits per heavy atom. The number of benzene rings is 2. The van der Waals surface area contributed by atoms with Crippen LogP contribution in [0.2, 0.25) is 0 Å². The highest BCUT2D eigenvalue weighted by molar-refractivity contribution is 7.07. The second-order valence-corrected chi connectivity index (χ2v) is 9.57. The second-order valence-electron chi connectivity index (χ2n) is 8.59. The molecule has 0 saturated carbocycles. The summed E-state index contributed by atoms with van der Waals surface area (Å²) in [6, 6.07) is 14.4. The summed E-state index contributed by atoms with van der Waals surface area (Å²) in [5, 5.41) is 2.83. The van der Waals surface area contributed by atoms with E-state index in [0.717, 1.165) is 22.5 Å². The second kappa shape index (κ2) is 8.22. The average molecular weight is 474 g/mol. The summed E-state index contributed by atoms with van der Waals surface area (Å²) in [5.41, 5.74) is 4.02. The number of amides is 1. The van der Waals surface area contributed by atoms with Crippen molar-refractivity contribution in [1.82, 2.24) is 4.57 Å². The SMILES string of the molecule is COC(=O)C1=C(C)N=c2sc(=C3C(=O)Nc4ccccc43)c(=O)n2C1c1ccc(C(C)C)cc1. The van der Waals surface area contributed by atoms with E-state index in [4.69, 9.17) is 4.74 Å². The summed E-state index contributed by atoms with van der Waals surface area (Å²) in [7, 11) is 1.31. The number of nitrogens with one attached hydrogen (secondary N) is 1. The zero-order valence-corrected chi connectivity index (χ0v) is 20.0. The smallest absolute Gasteiger partial charge is 0.338 e. The van der Waals surface area contributed by atoms with Crippen molar-refractivity contribution in [3.05, 3.63) is 96.2 Å². The van der Waals surface area contributed by atoms with Crippen LogP contribution in [0.25, 0.3) is 5.57 Å². The molecular weight excluding hydrogens is 450 g/mol. The molecular formula is C26H23N3O4S. The van der Waals surface area contributed by atoms with E-state index in [2.05, 4.69) is 24.2 Å². The molecule has 3 aromatic rings. The predicted molar refractivity (Wildman–Crippen MR) is 130 cm³/mol. The molecule has 34 heavy (non-hydrogen) atoms. The number of fused-ring (bicyclic) bond motifs is 2. The van der Waals surface area contributed by atoms with Crippen LogP contribution in [0.15, 0.2) is 69.6 Å². The van der Waals surface area contributed by atoms with Gasteiger partial charge in [-0.25, -0.2) is 9.79 Å². The van der Waals surface area contributed by atoms with Crippen molar-refractivity contribution in [3.63, 3.8) is 0 Å². The van der Waals surface area contributed by atoms with Gasteiger partial charge in [-0.05, 0) is 30.0 Å². The number of methoxy groups -OCH3 is 1. The van der Waals surface area contributed by atoms with Crippen molar-refractivity contribution < 1.29 is 14.3 Å². The topological polar surface area (TPSA) is 89.8 Å². The van der Waals surface area contributed by atoms with Gasteiger partial charge >= 0.3 is 5.97 Å². The van der Waals surface area contributed by atoms with Crippen molar-refractivity contribution in [2.45, 2.75) is 32.7 Å². The Morgan fingerprint density at radius 1 is 1.12 bits per heavy atom. The van der Waals surface area contributed by atoms with Gasteiger partial charge in [-0.1, -0.05) is 67.6 Å². The van der Waals surface area contributed by atoms with Gasteiger partial charge in [-0.2, -0.15) is 0 Å². The van der Waals surface area contributed by atoms with Crippen LogP contribution < -0.4 is 20.2 Å². The molecule has 0 aliphatic carbocycles. The van der Waals surface area contributed by atoms with Crippen LogP contribution in [-0.2, 0) is 14.3 Å². The number of hydrogen-bond acceptors (Lipinski definition) is 6. The molecule has 2 aliphatic rings. The van der Waals surface area contributed by atoms with Crippen molar-refractivity contribution >= 4 is 34.5 Å². The lowest BCUT2D eigenvalue weighted by atomic mass is 9.93. The van der Waals surface area contributed by atoms with Crippen molar-refractivity contribution in [2.24, 2.45) is 4.99 Å². The number of thiazole rings is 1. The minimum atomic E-state index is -0.709. The molecule has 0 spiro atoms. The van der Waals surface area contributed by atoms with E-state index in [1.54, 1.807) is 13.0 Å². The summed E-state index contributed by atoms with van der Waals surface area (Å²) in [6.07, 6.45) is 0. The molecule has 2 aromatic carbocycles. The Hall–Kier alpha value is -3.78. The number of rotatable bonds is 3. The molecule has 172 valence electrons. The van der Waals surface area contributed by atoms with Crippen LogP contribution >= 0.6 is 11.3 Å². The number of carbonyl (C=O) groups excluding carboxylic acids is 2. The number of ether oxygens (including phenoxy) is 1. The maximum absolute atomic E-state index is 13.8. The molecule has 1 aromatic heterocycles. The molecule has 1 amide bonds. The van der Waals surface area contributed by atoms with Gasteiger partial charge in [0.1, 0.15) is 4.53 Å². The zero-order chi connectivity index (χ0) is 24.1. The van der Waals surface area contributed by atoms with Crippen molar-refractivity contribution in [3.8, 4) is 0 Å². The van der Waals surface area contributed by atoms with Crippen LogP contribution in [0.3, 0.4) is 0 Å². The lowest BCUT2D eigenvalue weighted by molar-refractivity contribution is -0.136. The fourth-order valence-electron chi connectivity index (χ4n) is 4.46. The molecule has 8 heteroatoms. The molecule has 0 fully saturated rings. The van der Waals surface area contributed by atoms with Crippen molar-refractivity contribution in [1.29, 1.82) is 0 Å². The van der Waals surface area contributed by atoms with Gasteiger partial charge in [0.2, 0.25) is 0 Å². The number of allylic oxidation sites excluding steroid dienone is 1. The van der Waals surface area contributed by atoms with E-state index < -0.39 is 12.0 Å². The van der Waals surface area contributed by atoms with Gasteiger partial charge in [0.05, 0.1) is 30.0 Å².